The van der Waals surface area contributed by atoms with Gasteiger partial charge in [-0.25, -0.2) is 0 Å². The number of aliphatic hydroxyl groups is 1. The van der Waals surface area contributed by atoms with E-state index in [4.69, 9.17) is 0 Å². The minimum absolute atomic E-state index is 0.0903. The maximum absolute atomic E-state index is 12.3. The number of aromatic hydroxyl groups is 2. The first-order valence-electron chi connectivity index (χ1n) is 7.63. The van der Waals surface area contributed by atoms with Crippen LogP contribution in [0, 0.1) is 4.91 Å². The van der Waals surface area contributed by atoms with Gasteiger partial charge in [-0.15, -0.1) is 4.91 Å². The Balaban J connectivity index is 2.13. The third-order valence-corrected chi connectivity index (χ3v) is 3.62. The van der Waals surface area contributed by atoms with E-state index in [0.717, 1.165) is 6.07 Å². The van der Waals surface area contributed by atoms with Crippen LogP contribution in [0.5, 0.6) is 11.5 Å². The van der Waals surface area contributed by atoms with Crippen LogP contribution in [0.25, 0.3) is 0 Å². The molecule has 0 spiro atoms. The lowest BCUT2D eigenvalue weighted by Gasteiger charge is -2.14. The third-order valence-electron chi connectivity index (χ3n) is 3.62. The standard InChI is InChI=1S/C17H17N3O6/c1-2-9-6-12(22)8-13(20-26)14(9)16(24)18-19-17(25)15(23)10-4-3-5-11(21)7-10/h3-8,15,21-23H,2H2,1H3,(H,18,24)(H,19,25). The van der Waals surface area contributed by atoms with Gasteiger partial charge in [0.05, 0.1) is 5.56 Å². The van der Waals surface area contributed by atoms with E-state index in [1.807, 2.05) is 5.43 Å². The molecule has 9 nitrogen and oxygen atoms in total. The molecule has 2 aromatic carbocycles. The third kappa shape index (κ3) is 4.14. The van der Waals surface area contributed by atoms with Crippen LogP contribution < -0.4 is 10.9 Å². The van der Waals surface area contributed by atoms with E-state index in [9.17, 15) is 29.8 Å². The molecule has 2 amide bonds. The van der Waals surface area contributed by atoms with Crippen molar-refractivity contribution >= 4 is 17.5 Å². The van der Waals surface area contributed by atoms with Crippen molar-refractivity contribution in [3.05, 3.63) is 58.0 Å². The van der Waals surface area contributed by atoms with Crippen molar-refractivity contribution in [3.63, 3.8) is 0 Å². The summed E-state index contributed by atoms with van der Waals surface area (Å²) in [6, 6.07) is 7.80. The molecule has 0 aliphatic heterocycles. The molecule has 26 heavy (non-hydrogen) atoms. The van der Waals surface area contributed by atoms with Crippen molar-refractivity contribution in [2.45, 2.75) is 19.4 Å². The number of phenolic OH excluding ortho intramolecular Hbond substituents is 2. The predicted octanol–water partition coefficient (Wildman–Crippen LogP) is 1.55. The van der Waals surface area contributed by atoms with Gasteiger partial charge in [0.1, 0.15) is 17.2 Å². The van der Waals surface area contributed by atoms with Crippen LogP contribution in [0.15, 0.2) is 41.6 Å². The number of carbonyl (C=O) groups excluding carboxylic acids is 2. The number of aryl methyl sites for hydroxylation is 1. The number of hydrogen-bond donors (Lipinski definition) is 5. The van der Waals surface area contributed by atoms with E-state index in [1.165, 1.54) is 30.3 Å². The minimum Gasteiger partial charge on any atom is -0.508 e. The lowest BCUT2D eigenvalue weighted by molar-refractivity contribution is -0.130. The van der Waals surface area contributed by atoms with Crippen LogP contribution in [-0.2, 0) is 11.2 Å². The summed E-state index contributed by atoms with van der Waals surface area (Å²) in [5.41, 5.74) is 4.26. The predicted molar refractivity (Wildman–Crippen MR) is 91.6 cm³/mol. The first-order valence-corrected chi connectivity index (χ1v) is 7.63. The van der Waals surface area contributed by atoms with Gasteiger partial charge in [0, 0.05) is 6.07 Å². The van der Waals surface area contributed by atoms with Gasteiger partial charge in [-0.1, -0.05) is 19.1 Å². The summed E-state index contributed by atoms with van der Waals surface area (Å²) in [5.74, 6) is -2.11. The maximum Gasteiger partial charge on any atom is 0.272 e. The number of amides is 2. The molecule has 0 aliphatic rings. The van der Waals surface area contributed by atoms with Crippen LogP contribution in [0.3, 0.4) is 0 Å². The van der Waals surface area contributed by atoms with Crippen LogP contribution in [-0.4, -0.2) is 27.1 Å². The zero-order valence-corrected chi connectivity index (χ0v) is 13.8. The highest BCUT2D eigenvalue weighted by molar-refractivity contribution is 6.01. The molecule has 0 fully saturated rings. The van der Waals surface area contributed by atoms with Gasteiger partial charge in [-0.05, 0) is 40.9 Å². The minimum atomic E-state index is -1.63. The topological polar surface area (TPSA) is 148 Å². The van der Waals surface area contributed by atoms with E-state index < -0.39 is 17.9 Å². The normalized spacial score (nSPS) is 11.5. The highest BCUT2D eigenvalue weighted by Gasteiger charge is 2.21. The first-order chi connectivity index (χ1) is 12.4. The summed E-state index contributed by atoms with van der Waals surface area (Å²) < 4.78 is 0. The first kappa shape index (κ1) is 18.9. The average molecular weight is 359 g/mol. The molecule has 1 atom stereocenters. The lowest BCUT2D eigenvalue weighted by Crippen LogP contribution is -2.44. The molecular formula is C17H17N3O6. The maximum atomic E-state index is 12.3. The molecule has 2 aromatic rings. The quantitative estimate of drug-likeness (QED) is 0.404. The van der Waals surface area contributed by atoms with Crippen molar-refractivity contribution in [2.75, 3.05) is 0 Å². The number of hydrogen-bond acceptors (Lipinski definition) is 7. The molecule has 0 heterocycles. The monoisotopic (exact) mass is 359 g/mol. The van der Waals surface area contributed by atoms with Gasteiger partial charge in [0.2, 0.25) is 0 Å². The Kier molecular flexibility index (Phi) is 5.86. The van der Waals surface area contributed by atoms with Crippen LogP contribution in [0.1, 0.15) is 34.5 Å². The number of phenols is 2. The second-order valence-corrected chi connectivity index (χ2v) is 5.38. The highest BCUT2D eigenvalue weighted by Crippen LogP contribution is 2.29. The summed E-state index contributed by atoms with van der Waals surface area (Å²) in [4.78, 5) is 35.2. The molecule has 0 radical (unpaired) electrons. The Labute approximate surface area is 148 Å². The molecule has 0 saturated heterocycles. The number of nitrogens with one attached hydrogen (secondary N) is 2. The van der Waals surface area contributed by atoms with Gasteiger partial charge in [0.25, 0.3) is 11.8 Å². The zero-order chi connectivity index (χ0) is 19.3. The van der Waals surface area contributed by atoms with Crippen molar-refractivity contribution in [2.24, 2.45) is 5.18 Å². The number of hydrazine groups is 1. The molecule has 5 N–H and O–H groups in total. The number of rotatable bonds is 5. The summed E-state index contributed by atoms with van der Waals surface area (Å²) in [7, 11) is 0. The van der Waals surface area contributed by atoms with Crippen LogP contribution >= 0.6 is 0 Å². The summed E-state index contributed by atoms with van der Waals surface area (Å²) in [5, 5.41) is 31.6. The summed E-state index contributed by atoms with van der Waals surface area (Å²) >= 11 is 0. The van der Waals surface area contributed by atoms with Gasteiger partial charge in [0.15, 0.2) is 6.10 Å². The number of nitroso groups, excluding NO2 is 1. The van der Waals surface area contributed by atoms with Crippen molar-refractivity contribution in [1.29, 1.82) is 0 Å². The Hall–Kier alpha value is -3.46. The second kappa shape index (κ2) is 8.08. The zero-order valence-electron chi connectivity index (χ0n) is 13.8. The fourth-order valence-corrected chi connectivity index (χ4v) is 2.38. The summed E-state index contributed by atoms with van der Waals surface area (Å²) in [6.07, 6.45) is -1.30. The molecular weight excluding hydrogens is 342 g/mol. The number of benzene rings is 2. The molecule has 0 bridgehead atoms. The smallest absolute Gasteiger partial charge is 0.272 e. The number of carbonyl (C=O) groups is 2. The van der Waals surface area contributed by atoms with E-state index in [-0.39, 0.29) is 28.3 Å². The van der Waals surface area contributed by atoms with Crippen molar-refractivity contribution < 1.29 is 24.9 Å². The second-order valence-electron chi connectivity index (χ2n) is 5.38. The molecule has 136 valence electrons. The largest absolute Gasteiger partial charge is 0.508 e. The lowest BCUT2D eigenvalue weighted by atomic mass is 10.0. The number of nitrogens with zero attached hydrogens (tertiary/aromatic N) is 1. The average Bonchev–Trinajstić information content (AvgIpc) is 2.64. The highest BCUT2D eigenvalue weighted by atomic mass is 16.3. The number of aliphatic hydroxyl groups excluding tert-OH is 1. The Bertz CT molecular complexity index is 852. The van der Waals surface area contributed by atoms with Gasteiger partial charge >= 0.3 is 0 Å². The van der Waals surface area contributed by atoms with Crippen molar-refractivity contribution in [1.82, 2.24) is 10.9 Å². The fraction of sp³-hybridized carbons (Fsp3) is 0.176. The van der Waals surface area contributed by atoms with E-state index in [1.54, 1.807) is 6.92 Å². The Morgan fingerprint density at radius 3 is 2.46 bits per heavy atom. The van der Waals surface area contributed by atoms with Crippen LogP contribution in [0.2, 0.25) is 0 Å². The molecule has 0 aliphatic carbocycles. The van der Waals surface area contributed by atoms with E-state index in [0.29, 0.717) is 12.0 Å². The van der Waals surface area contributed by atoms with Crippen LogP contribution in [0.4, 0.5) is 5.69 Å². The van der Waals surface area contributed by atoms with Gasteiger partial charge in [-0.2, -0.15) is 0 Å². The molecule has 2 rings (SSSR count). The molecule has 9 heteroatoms. The molecule has 0 aromatic heterocycles. The molecule has 0 saturated carbocycles. The van der Waals surface area contributed by atoms with E-state index >= 15 is 0 Å². The van der Waals surface area contributed by atoms with E-state index in [2.05, 4.69) is 10.6 Å². The van der Waals surface area contributed by atoms with Gasteiger partial charge < -0.3 is 15.3 Å². The van der Waals surface area contributed by atoms with Gasteiger partial charge in [-0.3, -0.25) is 20.4 Å². The fourth-order valence-electron chi connectivity index (χ4n) is 2.38. The Morgan fingerprint density at radius 2 is 1.85 bits per heavy atom. The summed E-state index contributed by atoms with van der Waals surface area (Å²) in [6.45, 7) is 1.71. The van der Waals surface area contributed by atoms with Crippen molar-refractivity contribution in [3.8, 4) is 11.5 Å². The molecule has 1 unspecified atom stereocenters. The SMILES string of the molecule is CCc1cc(O)cc(N=O)c1C(=O)NNC(=O)C(O)c1cccc(O)c1. The Morgan fingerprint density at radius 1 is 1.12 bits per heavy atom.